The number of aryl methyl sites for hydroxylation is 1. The van der Waals surface area contributed by atoms with E-state index in [9.17, 15) is 0 Å². The fraction of sp³-hybridized carbons (Fsp3) is 0.200. The van der Waals surface area contributed by atoms with Crippen LogP contribution in [0.3, 0.4) is 0 Å². The van der Waals surface area contributed by atoms with Crippen molar-refractivity contribution in [1.29, 1.82) is 5.26 Å². The van der Waals surface area contributed by atoms with Gasteiger partial charge in [0.2, 0.25) is 0 Å². The molecule has 0 bridgehead atoms. The summed E-state index contributed by atoms with van der Waals surface area (Å²) in [6.07, 6.45) is 2.37. The molecule has 4 heteroatoms. The molecule has 0 radical (unpaired) electrons. The van der Waals surface area contributed by atoms with Crippen LogP contribution in [0.2, 0.25) is 0 Å². The summed E-state index contributed by atoms with van der Waals surface area (Å²) in [6, 6.07) is 5.73. The zero-order valence-corrected chi connectivity index (χ0v) is 7.86. The number of hydrogen-bond donors (Lipinski definition) is 1. The Bertz CT molecular complexity index is 519. The SMILES string of the molecule is CCc1c(C#N)ccc2ncc(N)n12. The van der Waals surface area contributed by atoms with Gasteiger partial charge in [0, 0.05) is 5.69 Å². The van der Waals surface area contributed by atoms with E-state index in [0.29, 0.717) is 11.4 Å². The van der Waals surface area contributed by atoms with Crippen LogP contribution in [0.15, 0.2) is 18.3 Å². The van der Waals surface area contributed by atoms with Gasteiger partial charge in [-0.25, -0.2) is 4.98 Å². The lowest BCUT2D eigenvalue weighted by Gasteiger charge is -2.05. The first-order valence-electron chi connectivity index (χ1n) is 4.42. The lowest BCUT2D eigenvalue weighted by atomic mass is 10.1. The second-order valence-electron chi connectivity index (χ2n) is 3.04. The molecule has 2 rings (SSSR count). The summed E-state index contributed by atoms with van der Waals surface area (Å²) >= 11 is 0. The molecule has 14 heavy (non-hydrogen) atoms. The molecule has 2 N–H and O–H groups in total. The van der Waals surface area contributed by atoms with E-state index in [-0.39, 0.29) is 0 Å². The fourth-order valence-electron chi connectivity index (χ4n) is 1.62. The van der Waals surface area contributed by atoms with Gasteiger partial charge in [-0.3, -0.25) is 4.40 Å². The number of nitrogens with zero attached hydrogens (tertiary/aromatic N) is 3. The van der Waals surface area contributed by atoms with E-state index in [1.165, 1.54) is 0 Å². The van der Waals surface area contributed by atoms with Crippen molar-refractivity contribution in [3.05, 3.63) is 29.6 Å². The smallest absolute Gasteiger partial charge is 0.138 e. The van der Waals surface area contributed by atoms with Gasteiger partial charge in [0.25, 0.3) is 0 Å². The molecular weight excluding hydrogens is 176 g/mol. The third-order valence-electron chi connectivity index (χ3n) is 2.25. The number of fused-ring (bicyclic) bond motifs is 1. The van der Waals surface area contributed by atoms with Gasteiger partial charge in [-0.2, -0.15) is 5.26 Å². The van der Waals surface area contributed by atoms with Crippen LogP contribution in [-0.2, 0) is 6.42 Å². The molecule has 0 saturated carbocycles. The normalized spacial score (nSPS) is 10.3. The Kier molecular flexibility index (Phi) is 1.86. The molecule has 0 spiro atoms. The van der Waals surface area contributed by atoms with Gasteiger partial charge >= 0.3 is 0 Å². The van der Waals surface area contributed by atoms with Gasteiger partial charge in [-0.15, -0.1) is 0 Å². The summed E-state index contributed by atoms with van der Waals surface area (Å²) in [5.74, 6) is 0.578. The van der Waals surface area contributed by atoms with Crippen molar-refractivity contribution in [2.75, 3.05) is 5.73 Å². The largest absolute Gasteiger partial charge is 0.383 e. The van der Waals surface area contributed by atoms with E-state index < -0.39 is 0 Å². The maximum absolute atomic E-state index is 8.91. The summed E-state index contributed by atoms with van der Waals surface area (Å²) in [4.78, 5) is 4.13. The summed E-state index contributed by atoms with van der Waals surface area (Å²) in [7, 11) is 0. The first-order valence-corrected chi connectivity index (χ1v) is 4.42. The number of aromatic nitrogens is 2. The van der Waals surface area contributed by atoms with Crippen molar-refractivity contribution in [2.24, 2.45) is 0 Å². The van der Waals surface area contributed by atoms with E-state index in [1.807, 2.05) is 11.3 Å². The number of nitrogens with two attached hydrogens (primary N) is 1. The minimum absolute atomic E-state index is 0.578. The molecule has 4 nitrogen and oxygen atoms in total. The average molecular weight is 186 g/mol. The number of imidazole rings is 1. The monoisotopic (exact) mass is 186 g/mol. The molecule has 0 saturated heterocycles. The molecule has 0 atom stereocenters. The molecule has 0 aliphatic heterocycles. The number of nitrogen functional groups attached to an aromatic ring is 1. The summed E-state index contributed by atoms with van der Waals surface area (Å²) in [5.41, 5.74) is 8.13. The molecule has 2 heterocycles. The quantitative estimate of drug-likeness (QED) is 0.731. The molecule has 0 fully saturated rings. The molecule has 70 valence electrons. The van der Waals surface area contributed by atoms with E-state index in [4.69, 9.17) is 11.0 Å². The Balaban J connectivity index is 2.89. The highest BCUT2D eigenvalue weighted by molar-refractivity contribution is 5.53. The highest BCUT2D eigenvalue weighted by Crippen LogP contribution is 2.16. The Labute approximate surface area is 81.6 Å². The van der Waals surface area contributed by atoms with Gasteiger partial charge in [0.05, 0.1) is 11.8 Å². The topological polar surface area (TPSA) is 67.1 Å². The first-order chi connectivity index (χ1) is 6.77. The van der Waals surface area contributed by atoms with Crippen molar-refractivity contribution in [3.63, 3.8) is 0 Å². The highest BCUT2D eigenvalue weighted by Gasteiger charge is 2.08. The Morgan fingerprint density at radius 3 is 3.00 bits per heavy atom. The number of pyridine rings is 1. The molecule has 0 amide bonds. The molecule has 0 aromatic carbocycles. The van der Waals surface area contributed by atoms with Crippen LogP contribution in [-0.4, -0.2) is 9.38 Å². The molecular formula is C10H10N4. The van der Waals surface area contributed by atoms with Crippen LogP contribution in [0.25, 0.3) is 5.65 Å². The fourth-order valence-corrected chi connectivity index (χ4v) is 1.62. The third-order valence-corrected chi connectivity index (χ3v) is 2.25. The van der Waals surface area contributed by atoms with Crippen molar-refractivity contribution in [3.8, 4) is 6.07 Å². The predicted molar refractivity (Wildman–Crippen MR) is 53.7 cm³/mol. The third kappa shape index (κ3) is 1.03. The molecule has 2 aromatic heterocycles. The Hall–Kier alpha value is -2.02. The molecule has 2 aromatic rings. The zero-order chi connectivity index (χ0) is 10.1. The van der Waals surface area contributed by atoms with Crippen LogP contribution in [0.5, 0.6) is 0 Å². The van der Waals surface area contributed by atoms with Gasteiger partial charge in [0.15, 0.2) is 0 Å². The predicted octanol–water partition coefficient (Wildman–Crippen LogP) is 1.35. The highest BCUT2D eigenvalue weighted by atomic mass is 15.1. The maximum Gasteiger partial charge on any atom is 0.138 e. The van der Waals surface area contributed by atoms with Crippen LogP contribution in [0, 0.1) is 11.3 Å². The summed E-state index contributed by atoms with van der Waals surface area (Å²) < 4.78 is 1.82. The first kappa shape index (κ1) is 8.57. The van der Waals surface area contributed by atoms with Gasteiger partial charge in [-0.1, -0.05) is 6.92 Å². The maximum atomic E-state index is 8.91. The minimum atomic E-state index is 0.578. The lowest BCUT2D eigenvalue weighted by Crippen LogP contribution is -2.02. The van der Waals surface area contributed by atoms with E-state index in [2.05, 4.69) is 11.1 Å². The van der Waals surface area contributed by atoms with Gasteiger partial charge in [-0.05, 0) is 18.6 Å². The lowest BCUT2D eigenvalue weighted by molar-refractivity contribution is 0.977. The molecule has 0 aliphatic carbocycles. The number of anilines is 1. The number of nitriles is 1. The van der Waals surface area contributed by atoms with Crippen molar-refractivity contribution < 1.29 is 0 Å². The van der Waals surface area contributed by atoms with E-state index in [1.54, 1.807) is 18.3 Å². The summed E-state index contributed by atoms with van der Waals surface area (Å²) in [5, 5.41) is 8.91. The van der Waals surface area contributed by atoms with Crippen LogP contribution in [0.1, 0.15) is 18.2 Å². The molecule has 0 aliphatic rings. The van der Waals surface area contributed by atoms with E-state index >= 15 is 0 Å². The van der Waals surface area contributed by atoms with E-state index in [0.717, 1.165) is 17.8 Å². The van der Waals surface area contributed by atoms with Crippen LogP contribution in [0.4, 0.5) is 5.82 Å². The van der Waals surface area contributed by atoms with Crippen LogP contribution < -0.4 is 5.73 Å². The van der Waals surface area contributed by atoms with Crippen molar-refractivity contribution >= 4 is 11.5 Å². The van der Waals surface area contributed by atoms with Crippen LogP contribution >= 0.6 is 0 Å². The zero-order valence-electron chi connectivity index (χ0n) is 7.86. The van der Waals surface area contributed by atoms with Crippen molar-refractivity contribution in [2.45, 2.75) is 13.3 Å². The average Bonchev–Trinajstić information content (AvgIpc) is 2.59. The number of hydrogen-bond acceptors (Lipinski definition) is 3. The van der Waals surface area contributed by atoms with Gasteiger partial charge in [0.1, 0.15) is 17.5 Å². The summed E-state index contributed by atoms with van der Waals surface area (Å²) in [6.45, 7) is 2.00. The second kappa shape index (κ2) is 3.04. The second-order valence-corrected chi connectivity index (χ2v) is 3.04. The minimum Gasteiger partial charge on any atom is -0.383 e. The standard InChI is InChI=1S/C10H10N4/c1-2-8-7(5-11)3-4-10-13-6-9(12)14(8)10/h3-4,6H,2,12H2,1H3. The number of rotatable bonds is 1. The van der Waals surface area contributed by atoms with Crippen molar-refractivity contribution in [1.82, 2.24) is 9.38 Å². The molecule has 0 unspecified atom stereocenters. The Morgan fingerprint density at radius 1 is 1.57 bits per heavy atom. The van der Waals surface area contributed by atoms with Gasteiger partial charge < -0.3 is 5.73 Å². The Morgan fingerprint density at radius 2 is 2.36 bits per heavy atom.